The van der Waals surface area contributed by atoms with Gasteiger partial charge in [-0.05, 0) is 99.1 Å². The van der Waals surface area contributed by atoms with E-state index in [2.05, 4.69) is 125 Å². The molecule has 0 unspecified atom stereocenters. The van der Waals surface area contributed by atoms with Crippen LogP contribution in [0.2, 0.25) is 0 Å². The smallest absolute Gasteiger partial charge is 0.227 e. The fourth-order valence-electron chi connectivity index (χ4n) is 8.76. The molecule has 1 aliphatic carbocycles. The van der Waals surface area contributed by atoms with Gasteiger partial charge >= 0.3 is 0 Å². The molecule has 10 aromatic rings. The van der Waals surface area contributed by atoms with Crippen molar-refractivity contribution in [2.45, 2.75) is 5.41 Å². The lowest BCUT2D eigenvalue weighted by Crippen LogP contribution is -2.32. The van der Waals surface area contributed by atoms with E-state index in [1.807, 2.05) is 30.3 Å². The fraction of sp³-hybridized carbons (Fsp3) is 0.0204. The summed E-state index contributed by atoms with van der Waals surface area (Å²) in [4.78, 5) is 18.1. The number of para-hydroxylation sites is 2. The topological polar surface area (TPSA) is 87.1 Å². The third kappa shape index (κ3) is 4.45. The van der Waals surface area contributed by atoms with Crippen LogP contribution in [-0.2, 0) is 5.41 Å². The van der Waals surface area contributed by atoms with Gasteiger partial charge in [0.1, 0.15) is 22.5 Å². The molecule has 1 aliphatic heterocycles. The molecule has 0 saturated carbocycles. The molecule has 0 amide bonds. The van der Waals surface area contributed by atoms with Crippen LogP contribution in [0.5, 0.6) is 11.5 Å². The van der Waals surface area contributed by atoms with E-state index in [9.17, 15) is 0 Å². The molecule has 0 bridgehead atoms. The van der Waals surface area contributed by atoms with Crippen molar-refractivity contribution in [2.24, 2.45) is 0 Å². The second-order valence-corrected chi connectivity index (χ2v) is 14.3. The number of benzene rings is 6. The van der Waals surface area contributed by atoms with E-state index >= 15 is 0 Å². The van der Waals surface area contributed by atoms with Gasteiger partial charge in [0.05, 0.1) is 17.8 Å². The lowest BCUT2D eigenvalue weighted by atomic mass is 9.66. The SMILES string of the molecule is c1cc(-c2cc(-c3nc4ccncc4o3)cc(-c3nc4ccncc4o3)c2)cc(-c2ccc3c(c2)C2(c4ccccc4Oc4ccccc42)c2ccccc2-3)c1. The minimum absolute atomic E-state index is 0.491. The molecule has 12 rings (SSSR count). The maximum atomic E-state index is 6.56. The Balaban J connectivity index is 1.04. The largest absolute Gasteiger partial charge is 0.457 e. The van der Waals surface area contributed by atoms with Gasteiger partial charge in [0.15, 0.2) is 11.2 Å². The number of aromatic nitrogens is 4. The van der Waals surface area contributed by atoms with Crippen LogP contribution in [0.15, 0.2) is 179 Å². The summed E-state index contributed by atoms with van der Waals surface area (Å²) in [6, 6.07) is 51.2. The number of hydrogen-bond acceptors (Lipinski definition) is 7. The van der Waals surface area contributed by atoms with Crippen molar-refractivity contribution < 1.29 is 13.6 Å². The summed E-state index contributed by atoms with van der Waals surface area (Å²) in [5, 5.41) is 0. The highest BCUT2D eigenvalue weighted by Crippen LogP contribution is 2.62. The Morgan fingerprint density at radius 2 is 0.911 bits per heavy atom. The standard InChI is InChI=1S/C49H28N4O3/c1-2-11-37-35(10-1)36-17-16-31(26-40(36)49(37)38-12-3-5-14-43(38)54-44-15-6-4-13-39(44)49)29-8-7-9-30(22-29)32-23-33(47-52-41-18-20-50-27-45(41)55-47)25-34(24-32)48-53-42-19-21-51-28-46(42)56-48/h1-28H. The number of pyridine rings is 2. The Morgan fingerprint density at radius 1 is 0.393 bits per heavy atom. The van der Waals surface area contributed by atoms with E-state index in [-0.39, 0.29) is 0 Å². The van der Waals surface area contributed by atoms with E-state index in [1.165, 1.54) is 22.3 Å². The average Bonchev–Trinajstić information content (AvgIpc) is 3.97. The minimum Gasteiger partial charge on any atom is -0.457 e. The number of oxazole rings is 2. The van der Waals surface area contributed by atoms with Gasteiger partial charge in [0.25, 0.3) is 0 Å². The highest BCUT2D eigenvalue weighted by atomic mass is 16.5. The van der Waals surface area contributed by atoms with Gasteiger partial charge in [-0.2, -0.15) is 0 Å². The monoisotopic (exact) mass is 720 g/mol. The lowest BCUT2D eigenvalue weighted by molar-refractivity contribution is 0.436. The Kier molecular flexibility index (Phi) is 6.42. The van der Waals surface area contributed by atoms with Crippen LogP contribution >= 0.6 is 0 Å². The van der Waals surface area contributed by atoms with Crippen LogP contribution in [0.4, 0.5) is 0 Å². The van der Waals surface area contributed by atoms with Gasteiger partial charge in [-0.1, -0.05) is 91.0 Å². The summed E-state index contributed by atoms with van der Waals surface area (Å²) in [7, 11) is 0. The minimum atomic E-state index is -0.543. The summed E-state index contributed by atoms with van der Waals surface area (Å²) in [6.07, 6.45) is 6.80. The molecule has 0 fully saturated rings. The molecule has 7 nitrogen and oxygen atoms in total. The van der Waals surface area contributed by atoms with Crippen molar-refractivity contribution in [2.75, 3.05) is 0 Å². The molecule has 0 atom stereocenters. The van der Waals surface area contributed by atoms with E-state index in [0.29, 0.717) is 22.9 Å². The van der Waals surface area contributed by atoms with Crippen LogP contribution in [0.3, 0.4) is 0 Å². The molecule has 0 saturated heterocycles. The van der Waals surface area contributed by atoms with Gasteiger partial charge in [-0.25, -0.2) is 9.97 Å². The van der Waals surface area contributed by atoms with Gasteiger partial charge in [0.2, 0.25) is 11.8 Å². The molecule has 5 heterocycles. The predicted octanol–water partition coefficient (Wildman–Crippen LogP) is 11.9. The fourth-order valence-corrected chi connectivity index (χ4v) is 8.76. The van der Waals surface area contributed by atoms with E-state index in [1.54, 1.807) is 24.8 Å². The van der Waals surface area contributed by atoms with Crippen molar-refractivity contribution >= 4 is 22.2 Å². The zero-order valence-electron chi connectivity index (χ0n) is 29.7. The Hall–Kier alpha value is -7.64. The van der Waals surface area contributed by atoms with Crippen LogP contribution in [-0.4, -0.2) is 19.9 Å². The average molecular weight is 721 g/mol. The van der Waals surface area contributed by atoms with Crippen LogP contribution < -0.4 is 4.74 Å². The molecule has 56 heavy (non-hydrogen) atoms. The quantitative estimate of drug-likeness (QED) is 0.179. The van der Waals surface area contributed by atoms with Crippen LogP contribution in [0.25, 0.3) is 78.5 Å². The summed E-state index contributed by atoms with van der Waals surface area (Å²) in [5.74, 6) is 2.74. The zero-order chi connectivity index (χ0) is 36.8. The molecule has 262 valence electrons. The maximum absolute atomic E-state index is 6.56. The maximum Gasteiger partial charge on any atom is 0.227 e. The zero-order valence-corrected chi connectivity index (χ0v) is 29.7. The first-order chi connectivity index (χ1) is 27.7. The van der Waals surface area contributed by atoms with Crippen molar-refractivity contribution in [3.63, 3.8) is 0 Å². The van der Waals surface area contributed by atoms with Crippen molar-refractivity contribution in [3.8, 4) is 67.8 Å². The molecular formula is C49H28N4O3. The Morgan fingerprint density at radius 3 is 1.55 bits per heavy atom. The number of nitrogens with zero attached hydrogens (tertiary/aromatic N) is 4. The number of rotatable bonds is 4. The molecule has 4 aromatic heterocycles. The molecule has 0 radical (unpaired) electrons. The lowest BCUT2D eigenvalue weighted by Gasteiger charge is -2.39. The molecule has 0 N–H and O–H groups in total. The van der Waals surface area contributed by atoms with Gasteiger partial charge in [-0.15, -0.1) is 0 Å². The first-order valence-corrected chi connectivity index (χ1v) is 18.5. The van der Waals surface area contributed by atoms with Crippen molar-refractivity contribution in [1.29, 1.82) is 0 Å². The Labute approximate surface area is 320 Å². The van der Waals surface area contributed by atoms with Gasteiger partial charge in [-0.3, -0.25) is 9.97 Å². The van der Waals surface area contributed by atoms with Crippen molar-refractivity contribution in [3.05, 3.63) is 193 Å². The first kappa shape index (κ1) is 30.8. The molecular weight excluding hydrogens is 693 g/mol. The van der Waals surface area contributed by atoms with Gasteiger partial charge in [0, 0.05) is 34.6 Å². The highest BCUT2D eigenvalue weighted by Gasteiger charge is 2.51. The molecule has 6 aromatic carbocycles. The normalized spacial score (nSPS) is 13.3. The summed E-state index contributed by atoms with van der Waals surface area (Å²) < 4.78 is 19.0. The second-order valence-electron chi connectivity index (χ2n) is 14.3. The van der Waals surface area contributed by atoms with Crippen molar-refractivity contribution in [1.82, 2.24) is 19.9 Å². The number of hydrogen-bond donors (Lipinski definition) is 0. The van der Waals surface area contributed by atoms with E-state index in [4.69, 9.17) is 23.5 Å². The highest BCUT2D eigenvalue weighted by molar-refractivity contribution is 5.91. The second kappa shape index (κ2) is 11.7. The van der Waals surface area contributed by atoms with Crippen LogP contribution in [0, 0.1) is 0 Å². The van der Waals surface area contributed by atoms with E-state index in [0.717, 1.165) is 67.0 Å². The summed E-state index contributed by atoms with van der Waals surface area (Å²) >= 11 is 0. The van der Waals surface area contributed by atoms with Crippen LogP contribution in [0.1, 0.15) is 22.3 Å². The first-order valence-electron chi connectivity index (χ1n) is 18.5. The third-order valence-corrected chi connectivity index (χ3v) is 11.2. The van der Waals surface area contributed by atoms with Gasteiger partial charge < -0.3 is 13.6 Å². The summed E-state index contributed by atoms with van der Waals surface area (Å²) in [5.41, 5.74) is 15.2. The summed E-state index contributed by atoms with van der Waals surface area (Å²) in [6.45, 7) is 0. The molecule has 1 spiro atoms. The number of ether oxygens (including phenoxy) is 1. The third-order valence-electron chi connectivity index (χ3n) is 11.2. The van der Waals surface area contributed by atoms with E-state index < -0.39 is 5.41 Å². The molecule has 2 aliphatic rings. The predicted molar refractivity (Wildman–Crippen MR) is 216 cm³/mol. The number of fused-ring (bicyclic) bond motifs is 11. The Bertz CT molecular complexity index is 3010. The molecule has 7 heteroatoms.